The van der Waals surface area contributed by atoms with Gasteiger partial charge in [-0.2, -0.15) is 0 Å². The Kier molecular flexibility index (Phi) is 8.35. The van der Waals surface area contributed by atoms with Crippen LogP contribution in [0, 0.1) is 0 Å². The number of rotatable bonds is 8. The highest BCUT2D eigenvalue weighted by atomic mass is 79.9. The molecule has 0 saturated carbocycles. The molecule has 0 spiro atoms. The molecule has 0 bridgehead atoms. The molecular formula is C23H27BrN4O2. The maximum Gasteiger partial charge on any atom is 0.214 e. The Labute approximate surface area is 188 Å². The zero-order valence-corrected chi connectivity index (χ0v) is 19.3. The summed E-state index contributed by atoms with van der Waals surface area (Å²) in [7, 11) is 5.64. The summed E-state index contributed by atoms with van der Waals surface area (Å²) in [6, 6.07) is 15.4. The summed E-state index contributed by atoms with van der Waals surface area (Å²) in [4.78, 5) is 14.7. The van der Waals surface area contributed by atoms with E-state index in [1.165, 1.54) is 0 Å². The monoisotopic (exact) mass is 470 g/mol. The Morgan fingerprint density at radius 3 is 2.33 bits per heavy atom. The molecule has 0 N–H and O–H groups in total. The molecule has 3 aromatic rings. The fourth-order valence-corrected chi connectivity index (χ4v) is 3.07. The first-order chi connectivity index (χ1) is 14.0. The third-order valence-electron chi connectivity index (χ3n) is 4.77. The van der Waals surface area contributed by atoms with Gasteiger partial charge in [0.15, 0.2) is 18.2 Å². The van der Waals surface area contributed by atoms with Crippen LogP contribution in [0.4, 0.5) is 5.69 Å². The van der Waals surface area contributed by atoms with Crippen LogP contribution in [0.2, 0.25) is 0 Å². The quantitative estimate of drug-likeness (QED) is 0.280. The van der Waals surface area contributed by atoms with E-state index >= 15 is 0 Å². The Morgan fingerprint density at radius 1 is 1.10 bits per heavy atom. The van der Waals surface area contributed by atoms with E-state index in [1.54, 1.807) is 31.4 Å². The molecule has 0 radical (unpaired) electrons. The molecular weight excluding hydrogens is 444 g/mol. The largest absolute Gasteiger partial charge is 1.00 e. The molecule has 0 unspecified atom stereocenters. The van der Waals surface area contributed by atoms with Crippen LogP contribution in [0.25, 0.3) is 0 Å². The molecule has 0 fully saturated rings. The number of hydrogen-bond acceptors (Lipinski definition) is 4. The van der Waals surface area contributed by atoms with Crippen molar-refractivity contribution < 1.29 is 26.5 Å². The number of ether oxygens (including phenoxy) is 1. The molecule has 1 heterocycles. The van der Waals surface area contributed by atoms with Crippen LogP contribution < -0.4 is 26.6 Å². The fourth-order valence-electron chi connectivity index (χ4n) is 3.07. The van der Waals surface area contributed by atoms with Gasteiger partial charge in [0.1, 0.15) is 12.3 Å². The number of carbonyl (C=O) groups is 1. The van der Waals surface area contributed by atoms with Gasteiger partial charge in [-0.15, -0.1) is 9.78 Å². The lowest BCUT2D eigenvalue weighted by Gasteiger charge is -2.11. The second-order valence-electron chi connectivity index (χ2n) is 6.92. The topological polar surface area (TPSA) is 51.8 Å². The van der Waals surface area contributed by atoms with E-state index in [0.717, 1.165) is 29.2 Å². The Bertz CT molecular complexity index is 993. The van der Waals surface area contributed by atoms with Gasteiger partial charge >= 0.3 is 0 Å². The summed E-state index contributed by atoms with van der Waals surface area (Å²) in [5, 5.41) is 4.57. The molecule has 0 aliphatic rings. The normalized spacial score (nSPS) is 10.7. The lowest BCUT2D eigenvalue weighted by molar-refractivity contribution is -0.0000143. The minimum atomic E-state index is 0. The van der Waals surface area contributed by atoms with Gasteiger partial charge in [-0.1, -0.05) is 12.1 Å². The molecule has 0 amide bonds. The summed E-state index contributed by atoms with van der Waals surface area (Å²) in [5.74, 6) is 1.75. The van der Waals surface area contributed by atoms with E-state index in [-0.39, 0.29) is 29.3 Å². The average molecular weight is 471 g/mol. The maximum absolute atomic E-state index is 12.6. The number of ketones is 1. The number of imidazole rings is 1. The predicted molar refractivity (Wildman–Crippen MR) is 117 cm³/mol. The van der Waals surface area contributed by atoms with Crippen molar-refractivity contribution in [2.24, 2.45) is 5.10 Å². The van der Waals surface area contributed by atoms with Crippen LogP contribution in [-0.2, 0) is 13.0 Å². The van der Waals surface area contributed by atoms with Crippen LogP contribution in [0.5, 0.6) is 5.75 Å². The number of aromatic nitrogens is 2. The van der Waals surface area contributed by atoms with Gasteiger partial charge in [0.05, 0.1) is 19.7 Å². The standard InChI is InChI=1S/C23H27N4O2.BrH/c1-5-23-26(17-22(28)19-8-12-21(29-4)13-9-19)14-15-27(23)24-16-18-6-10-20(11-7-18)25(2)3;/h6-16H,5,17H2,1-4H3;1H/q+1;/p-1. The van der Waals surface area contributed by atoms with Crippen molar-refractivity contribution in [1.82, 2.24) is 9.24 Å². The number of halogens is 1. The van der Waals surface area contributed by atoms with Crippen molar-refractivity contribution in [2.45, 2.75) is 19.9 Å². The Morgan fingerprint density at radius 2 is 1.77 bits per heavy atom. The molecule has 7 heteroatoms. The van der Waals surface area contributed by atoms with Gasteiger partial charge in [0.25, 0.3) is 0 Å². The fraction of sp³-hybridized carbons (Fsp3) is 0.261. The molecule has 158 valence electrons. The van der Waals surface area contributed by atoms with Crippen LogP contribution in [0.1, 0.15) is 28.7 Å². The second-order valence-corrected chi connectivity index (χ2v) is 6.92. The molecule has 6 nitrogen and oxygen atoms in total. The van der Waals surface area contributed by atoms with E-state index in [9.17, 15) is 4.79 Å². The number of carbonyl (C=O) groups excluding carboxylic acids is 1. The smallest absolute Gasteiger partial charge is 0.214 e. The molecule has 0 atom stereocenters. The average Bonchev–Trinajstić information content (AvgIpc) is 3.13. The maximum atomic E-state index is 12.6. The second kappa shape index (κ2) is 10.7. The van der Waals surface area contributed by atoms with Crippen LogP contribution >= 0.6 is 0 Å². The lowest BCUT2D eigenvalue weighted by Crippen LogP contribution is -3.00. The van der Waals surface area contributed by atoms with Crippen molar-refractivity contribution in [2.75, 3.05) is 26.1 Å². The molecule has 0 aliphatic heterocycles. The highest BCUT2D eigenvalue weighted by Gasteiger charge is 2.17. The van der Waals surface area contributed by atoms with Crippen molar-refractivity contribution in [3.8, 4) is 5.75 Å². The first-order valence-electron chi connectivity index (χ1n) is 9.60. The van der Waals surface area contributed by atoms with Gasteiger partial charge in [-0.25, -0.2) is 4.57 Å². The van der Waals surface area contributed by atoms with Gasteiger partial charge in [-0.3, -0.25) is 4.79 Å². The zero-order chi connectivity index (χ0) is 20.8. The Hall–Kier alpha value is -2.93. The summed E-state index contributed by atoms with van der Waals surface area (Å²) < 4.78 is 8.91. The minimum absolute atomic E-state index is 0. The van der Waals surface area contributed by atoms with Gasteiger partial charge < -0.3 is 26.6 Å². The molecule has 0 saturated heterocycles. The van der Waals surface area contributed by atoms with Crippen LogP contribution in [0.15, 0.2) is 66.0 Å². The van der Waals surface area contributed by atoms with Crippen molar-refractivity contribution >= 4 is 17.7 Å². The summed E-state index contributed by atoms with van der Waals surface area (Å²) in [5.41, 5.74) is 2.83. The van der Waals surface area contributed by atoms with Crippen LogP contribution in [0.3, 0.4) is 0 Å². The third-order valence-corrected chi connectivity index (χ3v) is 4.77. The van der Waals surface area contributed by atoms with Gasteiger partial charge in [0.2, 0.25) is 5.82 Å². The Balaban J connectivity index is 0.00000320. The lowest BCUT2D eigenvalue weighted by atomic mass is 10.1. The number of methoxy groups -OCH3 is 1. The molecule has 0 aliphatic carbocycles. The zero-order valence-electron chi connectivity index (χ0n) is 17.7. The van der Waals surface area contributed by atoms with Gasteiger partial charge in [-0.05, 0) is 48.9 Å². The highest BCUT2D eigenvalue weighted by molar-refractivity contribution is 5.96. The van der Waals surface area contributed by atoms with Crippen molar-refractivity contribution in [1.29, 1.82) is 0 Å². The number of nitrogens with zero attached hydrogens (tertiary/aromatic N) is 4. The van der Waals surface area contributed by atoms with Crippen LogP contribution in [-0.4, -0.2) is 42.4 Å². The molecule has 2 aromatic carbocycles. The third kappa shape index (κ3) is 5.57. The predicted octanol–water partition coefficient (Wildman–Crippen LogP) is 0.977. The summed E-state index contributed by atoms with van der Waals surface area (Å²) >= 11 is 0. The van der Waals surface area contributed by atoms with E-state index in [1.807, 2.05) is 54.1 Å². The van der Waals surface area contributed by atoms with Crippen molar-refractivity contribution in [3.63, 3.8) is 0 Å². The summed E-state index contributed by atoms with van der Waals surface area (Å²) in [6.07, 6.45) is 6.37. The van der Waals surface area contributed by atoms with E-state index in [2.05, 4.69) is 29.1 Å². The van der Waals surface area contributed by atoms with E-state index < -0.39 is 0 Å². The SMILES string of the molecule is CC[c+]1n(CC(=O)c2ccc(OC)cc2)ccn1N=Cc1ccc(N(C)C)cc1.[Br-]. The van der Waals surface area contributed by atoms with Gasteiger partial charge in [0, 0.05) is 25.3 Å². The van der Waals surface area contributed by atoms with E-state index in [4.69, 9.17) is 4.74 Å². The first-order valence-corrected chi connectivity index (χ1v) is 9.60. The number of benzene rings is 2. The minimum Gasteiger partial charge on any atom is -1.00 e. The number of anilines is 1. The molecule has 1 aromatic heterocycles. The molecule has 30 heavy (non-hydrogen) atoms. The first kappa shape index (κ1) is 23.3. The molecule has 3 rings (SSSR count). The highest BCUT2D eigenvalue weighted by Crippen LogP contribution is 2.14. The number of hydrogen-bond donors (Lipinski definition) is 0. The summed E-state index contributed by atoms with van der Waals surface area (Å²) in [6.45, 7) is 2.33. The van der Waals surface area contributed by atoms with E-state index in [0.29, 0.717) is 5.56 Å². The number of Topliss-reactive ketones (excluding diaryl/α,β-unsaturated/α-hetero) is 1. The van der Waals surface area contributed by atoms with Crippen molar-refractivity contribution in [3.05, 3.63) is 77.9 Å².